The van der Waals surface area contributed by atoms with Crippen molar-refractivity contribution in [1.82, 2.24) is 0 Å². The van der Waals surface area contributed by atoms with Crippen molar-refractivity contribution in [3.63, 3.8) is 0 Å². The molecule has 1 aromatic carbocycles. The summed E-state index contributed by atoms with van der Waals surface area (Å²) in [6.45, 7) is 0. The third kappa shape index (κ3) is 2.42. The highest BCUT2D eigenvalue weighted by atomic mass is 32.1. The summed E-state index contributed by atoms with van der Waals surface area (Å²) in [6.07, 6.45) is 5.62. The van der Waals surface area contributed by atoms with Gasteiger partial charge in [-0.15, -0.1) is 0 Å². The Bertz CT molecular complexity index is 412. The van der Waals surface area contributed by atoms with Gasteiger partial charge in [-0.1, -0.05) is 24.3 Å². The first-order chi connectivity index (χ1) is 7.29. The number of fused-ring (bicyclic) bond motifs is 1. The number of carbonyl (C=O) groups is 1. The van der Waals surface area contributed by atoms with Crippen molar-refractivity contribution < 1.29 is 4.79 Å². The van der Waals surface area contributed by atoms with Crippen LogP contribution in [0.2, 0.25) is 0 Å². The third-order valence-corrected chi connectivity index (χ3v) is 2.62. The largest absolute Gasteiger partial charge is 0.326 e. The van der Waals surface area contributed by atoms with Crippen LogP contribution in [0.4, 0.5) is 5.69 Å². The number of amides is 1. The summed E-state index contributed by atoms with van der Waals surface area (Å²) in [5, 5.41) is 2.84. The van der Waals surface area contributed by atoms with Gasteiger partial charge in [-0.2, -0.15) is 12.6 Å². The Morgan fingerprint density at radius 3 is 3.13 bits per heavy atom. The van der Waals surface area contributed by atoms with Crippen LogP contribution in [0.3, 0.4) is 0 Å². The SMILES string of the molecule is O=C1Cc2ccc(C=CCCS)cc2N1. The first kappa shape index (κ1) is 10.3. The van der Waals surface area contributed by atoms with E-state index in [4.69, 9.17) is 0 Å². The van der Waals surface area contributed by atoms with Crippen LogP contribution in [0, 0.1) is 0 Å². The average molecular weight is 219 g/mol. The summed E-state index contributed by atoms with van der Waals surface area (Å²) in [6, 6.07) is 6.05. The quantitative estimate of drug-likeness (QED) is 0.751. The molecule has 0 spiro atoms. The molecule has 2 rings (SSSR count). The number of allylic oxidation sites excluding steroid dienone is 1. The van der Waals surface area contributed by atoms with E-state index in [1.807, 2.05) is 18.2 Å². The Balaban J connectivity index is 2.16. The van der Waals surface area contributed by atoms with Crippen molar-refractivity contribution in [3.8, 4) is 0 Å². The van der Waals surface area contributed by atoms with E-state index in [0.29, 0.717) is 6.42 Å². The predicted molar refractivity (Wildman–Crippen MR) is 66.3 cm³/mol. The third-order valence-electron chi connectivity index (χ3n) is 2.37. The van der Waals surface area contributed by atoms with Crippen molar-refractivity contribution in [2.75, 3.05) is 11.1 Å². The lowest BCUT2D eigenvalue weighted by Crippen LogP contribution is -2.03. The molecule has 78 valence electrons. The van der Waals surface area contributed by atoms with Crippen LogP contribution in [0.25, 0.3) is 6.08 Å². The molecule has 0 unspecified atom stereocenters. The molecule has 1 aliphatic heterocycles. The highest BCUT2D eigenvalue weighted by molar-refractivity contribution is 7.80. The van der Waals surface area contributed by atoms with Crippen molar-refractivity contribution in [3.05, 3.63) is 35.4 Å². The Labute approximate surface area is 94.8 Å². The summed E-state index contributed by atoms with van der Waals surface area (Å²) in [4.78, 5) is 11.1. The summed E-state index contributed by atoms with van der Waals surface area (Å²) in [5.41, 5.74) is 3.16. The Kier molecular flexibility index (Phi) is 3.11. The number of rotatable bonds is 3. The van der Waals surface area contributed by atoms with Gasteiger partial charge in [0.2, 0.25) is 5.91 Å². The van der Waals surface area contributed by atoms with Crippen molar-refractivity contribution in [2.24, 2.45) is 0 Å². The maximum Gasteiger partial charge on any atom is 0.228 e. The van der Waals surface area contributed by atoms with Crippen LogP contribution in [-0.2, 0) is 11.2 Å². The second kappa shape index (κ2) is 4.53. The van der Waals surface area contributed by atoms with E-state index in [2.05, 4.69) is 30.1 Å². The predicted octanol–water partition coefficient (Wildman–Crippen LogP) is 2.51. The van der Waals surface area contributed by atoms with E-state index in [9.17, 15) is 4.79 Å². The van der Waals surface area contributed by atoms with E-state index in [1.54, 1.807) is 0 Å². The number of hydrogen-bond donors (Lipinski definition) is 2. The standard InChI is InChI=1S/C12H13NOS/c14-12-8-10-5-4-9(3-1-2-6-15)7-11(10)13-12/h1,3-5,7,15H,2,6,8H2,(H,13,14). The maximum atomic E-state index is 11.1. The summed E-state index contributed by atoms with van der Waals surface area (Å²) < 4.78 is 0. The minimum Gasteiger partial charge on any atom is -0.326 e. The van der Waals surface area contributed by atoms with Crippen LogP contribution in [0.1, 0.15) is 17.5 Å². The molecule has 0 saturated heterocycles. The first-order valence-corrected chi connectivity index (χ1v) is 5.63. The van der Waals surface area contributed by atoms with Crippen molar-refractivity contribution in [2.45, 2.75) is 12.8 Å². The molecular weight excluding hydrogens is 206 g/mol. The van der Waals surface area contributed by atoms with Crippen LogP contribution in [0.5, 0.6) is 0 Å². The highest BCUT2D eigenvalue weighted by Crippen LogP contribution is 2.24. The molecule has 1 heterocycles. The Morgan fingerprint density at radius 1 is 1.47 bits per heavy atom. The van der Waals surface area contributed by atoms with Crippen molar-refractivity contribution >= 4 is 30.3 Å². The number of anilines is 1. The zero-order chi connectivity index (χ0) is 10.7. The second-order valence-corrected chi connectivity index (χ2v) is 4.00. The van der Waals surface area contributed by atoms with E-state index < -0.39 is 0 Å². The number of benzene rings is 1. The molecule has 0 bridgehead atoms. The smallest absolute Gasteiger partial charge is 0.228 e. The molecule has 1 aliphatic rings. The highest BCUT2D eigenvalue weighted by Gasteiger charge is 2.16. The molecular formula is C12H13NOS. The van der Waals surface area contributed by atoms with Gasteiger partial charge in [-0.05, 0) is 29.4 Å². The van der Waals surface area contributed by atoms with Gasteiger partial charge >= 0.3 is 0 Å². The molecule has 0 radical (unpaired) electrons. The molecule has 1 N–H and O–H groups in total. The van der Waals surface area contributed by atoms with Gasteiger partial charge in [0.05, 0.1) is 6.42 Å². The zero-order valence-corrected chi connectivity index (χ0v) is 9.26. The number of thiol groups is 1. The number of nitrogens with one attached hydrogen (secondary N) is 1. The van der Waals surface area contributed by atoms with E-state index in [-0.39, 0.29) is 5.91 Å². The van der Waals surface area contributed by atoms with Gasteiger partial charge < -0.3 is 5.32 Å². The van der Waals surface area contributed by atoms with E-state index in [1.165, 1.54) is 0 Å². The van der Waals surface area contributed by atoms with Crippen molar-refractivity contribution in [1.29, 1.82) is 0 Å². The molecule has 0 aliphatic carbocycles. The van der Waals surface area contributed by atoms with Gasteiger partial charge in [0.1, 0.15) is 0 Å². The van der Waals surface area contributed by atoms with Crippen LogP contribution < -0.4 is 5.32 Å². The monoisotopic (exact) mass is 219 g/mol. The lowest BCUT2D eigenvalue weighted by Gasteiger charge is -1.99. The molecule has 2 nitrogen and oxygen atoms in total. The fraction of sp³-hybridized carbons (Fsp3) is 0.250. The van der Waals surface area contributed by atoms with Gasteiger partial charge in [-0.25, -0.2) is 0 Å². The van der Waals surface area contributed by atoms with Crippen LogP contribution >= 0.6 is 12.6 Å². The van der Waals surface area contributed by atoms with Crippen LogP contribution in [-0.4, -0.2) is 11.7 Å². The lowest BCUT2D eigenvalue weighted by molar-refractivity contribution is -0.115. The fourth-order valence-corrected chi connectivity index (χ4v) is 1.78. The van der Waals surface area contributed by atoms with Gasteiger partial charge in [0.25, 0.3) is 0 Å². The fourth-order valence-electron chi connectivity index (χ4n) is 1.63. The molecule has 0 fully saturated rings. The first-order valence-electron chi connectivity index (χ1n) is 5.00. The molecule has 15 heavy (non-hydrogen) atoms. The molecule has 0 saturated carbocycles. The van der Waals surface area contributed by atoms with E-state index in [0.717, 1.165) is 29.0 Å². The number of carbonyl (C=O) groups excluding carboxylic acids is 1. The minimum atomic E-state index is 0.0847. The summed E-state index contributed by atoms with van der Waals surface area (Å²) >= 11 is 4.14. The lowest BCUT2D eigenvalue weighted by atomic mass is 10.1. The topological polar surface area (TPSA) is 29.1 Å². The average Bonchev–Trinajstić information content (AvgIpc) is 2.57. The van der Waals surface area contributed by atoms with Gasteiger partial charge in [0.15, 0.2) is 0 Å². The molecule has 3 heteroatoms. The number of hydrogen-bond acceptors (Lipinski definition) is 2. The zero-order valence-electron chi connectivity index (χ0n) is 8.36. The molecule has 1 aromatic rings. The van der Waals surface area contributed by atoms with E-state index >= 15 is 0 Å². The van der Waals surface area contributed by atoms with Crippen LogP contribution in [0.15, 0.2) is 24.3 Å². The normalized spacial score (nSPS) is 14.3. The molecule has 1 amide bonds. The van der Waals surface area contributed by atoms with Gasteiger partial charge in [0, 0.05) is 5.69 Å². The Hall–Kier alpha value is -1.22. The molecule has 0 atom stereocenters. The minimum absolute atomic E-state index is 0.0847. The summed E-state index contributed by atoms with van der Waals surface area (Å²) in [5.74, 6) is 0.944. The van der Waals surface area contributed by atoms with Gasteiger partial charge in [-0.3, -0.25) is 4.79 Å². The maximum absolute atomic E-state index is 11.1. The second-order valence-electron chi connectivity index (χ2n) is 3.56. The Morgan fingerprint density at radius 2 is 2.33 bits per heavy atom. The summed E-state index contributed by atoms with van der Waals surface area (Å²) in [7, 11) is 0. The molecule has 0 aromatic heterocycles.